The molecule has 0 spiro atoms. The molecule has 0 saturated carbocycles. The maximum atomic E-state index is 13.6. The van der Waals surface area contributed by atoms with E-state index >= 15 is 0 Å². The van der Waals surface area contributed by atoms with Gasteiger partial charge in [0.1, 0.15) is 5.82 Å². The zero-order valence-electron chi connectivity index (χ0n) is 9.20. The maximum Gasteiger partial charge on any atom is 0.256 e. The summed E-state index contributed by atoms with van der Waals surface area (Å²) in [7, 11) is 0. The van der Waals surface area contributed by atoms with E-state index in [9.17, 15) is 14.3 Å². The van der Waals surface area contributed by atoms with E-state index in [0.29, 0.717) is 17.4 Å². The Hall–Kier alpha value is -0.940. The minimum absolute atomic E-state index is 0.0577. The van der Waals surface area contributed by atoms with Gasteiger partial charge in [0.25, 0.3) is 5.91 Å². The molecule has 17 heavy (non-hydrogen) atoms. The highest BCUT2D eigenvalue weighted by Gasteiger charge is 2.24. The van der Waals surface area contributed by atoms with Gasteiger partial charge in [-0.2, -0.15) is 0 Å². The number of aliphatic hydroxyl groups excluding tert-OH is 1. The number of amides is 1. The number of piperidine rings is 1. The highest BCUT2D eigenvalue weighted by molar-refractivity contribution is 9.10. The Kier molecular flexibility index (Phi) is 3.79. The Morgan fingerprint density at radius 2 is 2.29 bits per heavy atom. The Labute approximate surface area is 107 Å². The third kappa shape index (κ3) is 2.84. The first-order valence-electron chi connectivity index (χ1n) is 5.50. The number of hydrogen-bond acceptors (Lipinski definition) is 2. The van der Waals surface area contributed by atoms with Crippen LogP contribution in [0, 0.1) is 5.82 Å². The number of β-amino-alcohol motifs (C(OH)–C–C–N with tert-alkyl or cyclic N) is 1. The molecule has 1 saturated heterocycles. The van der Waals surface area contributed by atoms with Gasteiger partial charge in [-0.15, -0.1) is 0 Å². The van der Waals surface area contributed by atoms with Crippen LogP contribution in [0.3, 0.4) is 0 Å². The molecule has 2 rings (SSSR count). The monoisotopic (exact) mass is 301 g/mol. The van der Waals surface area contributed by atoms with Gasteiger partial charge in [-0.25, -0.2) is 4.39 Å². The van der Waals surface area contributed by atoms with Crippen molar-refractivity contribution >= 4 is 21.8 Å². The summed E-state index contributed by atoms with van der Waals surface area (Å²) in [5.74, 6) is -0.891. The standard InChI is InChI=1S/C12H13BrFNO2/c13-8-3-4-10(11(14)6-8)12(17)15-5-1-2-9(16)7-15/h3-4,6,9,16H,1-2,5,7H2/t9-/m0/s1. The van der Waals surface area contributed by atoms with Crippen LogP contribution in [0.5, 0.6) is 0 Å². The molecule has 1 fully saturated rings. The topological polar surface area (TPSA) is 40.5 Å². The molecule has 3 nitrogen and oxygen atoms in total. The molecule has 1 atom stereocenters. The van der Waals surface area contributed by atoms with Gasteiger partial charge in [-0.3, -0.25) is 4.79 Å². The molecule has 1 N–H and O–H groups in total. The molecule has 0 radical (unpaired) electrons. The van der Waals surface area contributed by atoms with E-state index in [2.05, 4.69) is 15.9 Å². The number of halogens is 2. The van der Waals surface area contributed by atoms with Gasteiger partial charge >= 0.3 is 0 Å². The molecule has 1 aromatic carbocycles. The Balaban J connectivity index is 2.18. The summed E-state index contributed by atoms with van der Waals surface area (Å²) in [6.45, 7) is 0.861. The number of benzene rings is 1. The molecular formula is C12H13BrFNO2. The summed E-state index contributed by atoms with van der Waals surface area (Å²) in [6.07, 6.45) is 0.962. The van der Waals surface area contributed by atoms with Gasteiger partial charge in [-0.05, 0) is 31.0 Å². The number of rotatable bonds is 1. The van der Waals surface area contributed by atoms with Crippen LogP contribution in [-0.2, 0) is 0 Å². The van der Waals surface area contributed by atoms with Crippen molar-refractivity contribution in [3.63, 3.8) is 0 Å². The Bertz CT molecular complexity index is 439. The lowest BCUT2D eigenvalue weighted by Gasteiger charge is -2.30. The molecule has 1 aliphatic rings. The number of likely N-dealkylation sites (tertiary alicyclic amines) is 1. The first-order chi connectivity index (χ1) is 8.08. The van der Waals surface area contributed by atoms with Crippen molar-refractivity contribution < 1.29 is 14.3 Å². The summed E-state index contributed by atoms with van der Waals surface area (Å²) >= 11 is 3.15. The number of hydrogen-bond donors (Lipinski definition) is 1. The van der Waals surface area contributed by atoms with Gasteiger partial charge in [0.15, 0.2) is 0 Å². The third-order valence-electron chi connectivity index (χ3n) is 2.85. The molecule has 0 unspecified atom stereocenters. The first-order valence-corrected chi connectivity index (χ1v) is 6.29. The van der Waals surface area contributed by atoms with Crippen molar-refractivity contribution in [2.45, 2.75) is 18.9 Å². The SMILES string of the molecule is O=C(c1ccc(Br)cc1F)N1CCC[C@H](O)C1. The number of carbonyl (C=O) groups excluding carboxylic acids is 1. The average Bonchev–Trinajstić information content (AvgIpc) is 2.28. The van der Waals surface area contributed by atoms with Crippen molar-refractivity contribution in [3.05, 3.63) is 34.1 Å². The molecule has 92 valence electrons. The minimum Gasteiger partial charge on any atom is -0.391 e. The van der Waals surface area contributed by atoms with Crippen molar-refractivity contribution in [2.24, 2.45) is 0 Å². The Morgan fingerprint density at radius 1 is 1.53 bits per heavy atom. The quantitative estimate of drug-likeness (QED) is 0.864. The predicted molar refractivity (Wildman–Crippen MR) is 65.2 cm³/mol. The fraction of sp³-hybridized carbons (Fsp3) is 0.417. The lowest BCUT2D eigenvalue weighted by atomic mass is 10.1. The lowest BCUT2D eigenvalue weighted by molar-refractivity contribution is 0.0470. The van der Waals surface area contributed by atoms with E-state index in [-0.39, 0.29) is 18.0 Å². The number of nitrogens with zero attached hydrogens (tertiary/aromatic N) is 1. The van der Waals surface area contributed by atoms with Crippen LogP contribution >= 0.6 is 15.9 Å². The van der Waals surface area contributed by atoms with Crippen molar-refractivity contribution in [1.29, 1.82) is 0 Å². The van der Waals surface area contributed by atoms with E-state index in [0.717, 1.165) is 6.42 Å². The van der Waals surface area contributed by atoms with Crippen LogP contribution in [0.25, 0.3) is 0 Å². The first kappa shape index (κ1) is 12.5. The normalized spacial score (nSPS) is 20.4. The predicted octanol–water partition coefficient (Wildman–Crippen LogP) is 2.19. The van der Waals surface area contributed by atoms with E-state index < -0.39 is 11.9 Å². The van der Waals surface area contributed by atoms with E-state index in [1.165, 1.54) is 17.0 Å². The molecule has 1 aromatic rings. The van der Waals surface area contributed by atoms with E-state index in [4.69, 9.17) is 0 Å². The zero-order valence-corrected chi connectivity index (χ0v) is 10.8. The van der Waals surface area contributed by atoms with Gasteiger partial charge in [0.2, 0.25) is 0 Å². The molecule has 0 aromatic heterocycles. The third-order valence-corrected chi connectivity index (χ3v) is 3.34. The molecule has 0 bridgehead atoms. The Morgan fingerprint density at radius 3 is 2.94 bits per heavy atom. The van der Waals surface area contributed by atoms with E-state index in [1.54, 1.807) is 6.07 Å². The summed E-state index contributed by atoms with van der Waals surface area (Å²) in [4.78, 5) is 13.5. The second-order valence-corrected chi connectivity index (χ2v) is 5.09. The largest absolute Gasteiger partial charge is 0.391 e. The smallest absolute Gasteiger partial charge is 0.256 e. The molecular weight excluding hydrogens is 289 g/mol. The van der Waals surface area contributed by atoms with Crippen LogP contribution in [0.1, 0.15) is 23.2 Å². The molecule has 1 aliphatic heterocycles. The second-order valence-electron chi connectivity index (χ2n) is 4.17. The summed E-state index contributed by atoms with van der Waals surface area (Å²) in [6, 6.07) is 4.37. The molecule has 5 heteroatoms. The molecule has 1 amide bonds. The van der Waals surface area contributed by atoms with Gasteiger partial charge in [0.05, 0.1) is 11.7 Å². The van der Waals surface area contributed by atoms with Gasteiger partial charge in [-0.1, -0.05) is 15.9 Å². The van der Waals surface area contributed by atoms with Crippen LogP contribution in [0.4, 0.5) is 4.39 Å². The summed E-state index contributed by atoms with van der Waals surface area (Å²) < 4.78 is 14.2. The number of aliphatic hydroxyl groups is 1. The van der Waals surface area contributed by atoms with Crippen LogP contribution in [0.2, 0.25) is 0 Å². The van der Waals surface area contributed by atoms with Crippen molar-refractivity contribution in [2.75, 3.05) is 13.1 Å². The van der Waals surface area contributed by atoms with Gasteiger partial charge in [0, 0.05) is 17.6 Å². The van der Waals surface area contributed by atoms with Crippen molar-refractivity contribution in [1.82, 2.24) is 4.90 Å². The zero-order chi connectivity index (χ0) is 12.4. The van der Waals surface area contributed by atoms with Crippen molar-refractivity contribution in [3.8, 4) is 0 Å². The van der Waals surface area contributed by atoms with Crippen LogP contribution in [0.15, 0.2) is 22.7 Å². The highest BCUT2D eigenvalue weighted by atomic mass is 79.9. The maximum absolute atomic E-state index is 13.6. The molecule has 0 aliphatic carbocycles. The fourth-order valence-electron chi connectivity index (χ4n) is 1.97. The fourth-order valence-corrected chi connectivity index (χ4v) is 2.31. The summed E-state index contributed by atoms with van der Waals surface area (Å²) in [5.41, 5.74) is 0.0577. The summed E-state index contributed by atoms with van der Waals surface area (Å²) in [5, 5.41) is 9.49. The van der Waals surface area contributed by atoms with Crippen LogP contribution < -0.4 is 0 Å². The van der Waals surface area contributed by atoms with Crippen LogP contribution in [-0.4, -0.2) is 35.1 Å². The lowest BCUT2D eigenvalue weighted by Crippen LogP contribution is -2.42. The van der Waals surface area contributed by atoms with E-state index in [1.807, 2.05) is 0 Å². The van der Waals surface area contributed by atoms with Gasteiger partial charge < -0.3 is 10.0 Å². The molecule has 1 heterocycles. The minimum atomic E-state index is -0.538. The highest BCUT2D eigenvalue weighted by Crippen LogP contribution is 2.19. The number of carbonyl (C=O) groups is 1. The second kappa shape index (κ2) is 5.14. The average molecular weight is 302 g/mol.